The van der Waals surface area contributed by atoms with Crippen molar-refractivity contribution in [3.8, 4) is 0 Å². The van der Waals surface area contributed by atoms with Crippen molar-refractivity contribution in [1.29, 1.82) is 0 Å². The third-order valence-electron chi connectivity index (χ3n) is 2.28. The molecule has 20 heavy (non-hydrogen) atoms. The normalized spacial score (nSPS) is 13.2. The Bertz CT molecular complexity index is 622. The summed E-state index contributed by atoms with van der Waals surface area (Å²) in [4.78, 5) is 9.83. The molecule has 0 unspecified atom stereocenters. The lowest BCUT2D eigenvalue weighted by molar-refractivity contribution is -0.146. The van der Waals surface area contributed by atoms with Crippen LogP contribution < -0.4 is 4.72 Å². The summed E-state index contributed by atoms with van der Waals surface area (Å²) < 4.78 is 39.1. The average molecular weight is 346 g/mol. The molecule has 0 fully saturated rings. The standard InChI is InChI=1S/C10H10Cl2FNO5S/c11-5-1-2-7(8(12)9(5)13)20(18,19)14-4-3-6(15)10(16)17/h1-2,6,14-15H,3-4H2,(H,16,17)/t6-/m0/s1. The number of benzene rings is 1. The van der Waals surface area contributed by atoms with Crippen molar-refractivity contribution in [3.05, 3.63) is 28.0 Å². The number of hydrogen-bond acceptors (Lipinski definition) is 4. The molecule has 3 N–H and O–H groups in total. The van der Waals surface area contributed by atoms with Gasteiger partial charge in [0.15, 0.2) is 11.9 Å². The van der Waals surface area contributed by atoms with Gasteiger partial charge in [0.05, 0.1) is 10.0 Å². The third kappa shape index (κ3) is 4.03. The number of rotatable bonds is 6. The largest absolute Gasteiger partial charge is 0.479 e. The number of carboxylic acids is 1. The molecular weight excluding hydrogens is 336 g/mol. The van der Waals surface area contributed by atoms with Crippen molar-refractivity contribution in [2.24, 2.45) is 0 Å². The first-order valence-corrected chi connectivity index (χ1v) is 7.44. The van der Waals surface area contributed by atoms with Crippen molar-refractivity contribution in [2.45, 2.75) is 17.4 Å². The van der Waals surface area contributed by atoms with Crippen LogP contribution in [0, 0.1) is 5.82 Å². The molecule has 10 heteroatoms. The number of halogens is 3. The minimum atomic E-state index is -4.14. The van der Waals surface area contributed by atoms with E-state index in [1.165, 1.54) is 0 Å². The Morgan fingerprint density at radius 2 is 2.00 bits per heavy atom. The van der Waals surface area contributed by atoms with Gasteiger partial charge in [-0.05, 0) is 18.6 Å². The number of aliphatic hydroxyl groups excluding tert-OH is 1. The zero-order valence-electron chi connectivity index (χ0n) is 9.81. The highest BCUT2D eigenvalue weighted by molar-refractivity contribution is 7.89. The topological polar surface area (TPSA) is 104 Å². The molecule has 0 aliphatic carbocycles. The molecule has 0 amide bonds. The summed E-state index contributed by atoms with van der Waals surface area (Å²) in [6.07, 6.45) is -2.04. The van der Waals surface area contributed by atoms with Crippen molar-refractivity contribution >= 4 is 39.2 Å². The van der Waals surface area contributed by atoms with Gasteiger partial charge in [-0.25, -0.2) is 22.3 Å². The first-order chi connectivity index (χ1) is 9.16. The van der Waals surface area contributed by atoms with Crippen LogP contribution in [0.15, 0.2) is 17.0 Å². The number of nitrogens with one attached hydrogen (secondary N) is 1. The molecule has 0 heterocycles. The first kappa shape index (κ1) is 17.1. The van der Waals surface area contributed by atoms with Crippen LogP contribution in [0.2, 0.25) is 10.0 Å². The van der Waals surface area contributed by atoms with Gasteiger partial charge in [0.2, 0.25) is 10.0 Å². The summed E-state index contributed by atoms with van der Waals surface area (Å²) in [6, 6.07) is 2.05. The molecule has 0 spiro atoms. The maximum absolute atomic E-state index is 13.4. The fourth-order valence-electron chi connectivity index (χ4n) is 1.25. The fraction of sp³-hybridized carbons (Fsp3) is 0.300. The van der Waals surface area contributed by atoms with Crippen molar-refractivity contribution in [2.75, 3.05) is 6.54 Å². The highest BCUT2D eigenvalue weighted by Gasteiger charge is 2.22. The van der Waals surface area contributed by atoms with Crippen molar-refractivity contribution in [1.82, 2.24) is 4.72 Å². The van der Waals surface area contributed by atoms with Crippen LogP contribution in [-0.2, 0) is 14.8 Å². The number of carboxylic acid groups (broad SMARTS) is 1. The summed E-state index contributed by atoms with van der Waals surface area (Å²) in [5.74, 6) is -2.54. The number of aliphatic carboxylic acids is 1. The third-order valence-corrected chi connectivity index (χ3v) is 4.56. The van der Waals surface area contributed by atoms with Gasteiger partial charge in [0, 0.05) is 6.54 Å². The van der Waals surface area contributed by atoms with Gasteiger partial charge in [-0.1, -0.05) is 23.2 Å². The first-order valence-electron chi connectivity index (χ1n) is 5.21. The van der Waals surface area contributed by atoms with Crippen LogP contribution in [0.5, 0.6) is 0 Å². The second-order valence-electron chi connectivity index (χ2n) is 3.71. The van der Waals surface area contributed by atoms with Gasteiger partial charge in [-0.3, -0.25) is 0 Å². The number of carbonyl (C=O) groups is 1. The molecule has 0 aromatic heterocycles. The Morgan fingerprint density at radius 1 is 1.40 bits per heavy atom. The fourth-order valence-corrected chi connectivity index (χ4v) is 3.04. The number of aliphatic hydroxyl groups is 1. The molecule has 0 saturated carbocycles. The van der Waals surface area contributed by atoms with E-state index in [-0.39, 0.29) is 18.0 Å². The lowest BCUT2D eigenvalue weighted by Gasteiger charge is -2.10. The molecule has 1 aromatic carbocycles. The van der Waals surface area contributed by atoms with Gasteiger partial charge in [-0.2, -0.15) is 0 Å². The SMILES string of the molecule is O=C(O)[C@@H](O)CCNS(=O)(=O)c1ccc(Cl)c(F)c1Cl. The van der Waals surface area contributed by atoms with Gasteiger partial charge in [0.25, 0.3) is 0 Å². The Balaban J connectivity index is 2.85. The summed E-state index contributed by atoms with van der Waals surface area (Å²) in [7, 11) is -4.14. The van der Waals surface area contributed by atoms with Crippen molar-refractivity contribution in [3.63, 3.8) is 0 Å². The summed E-state index contributed by atoms with van der Waals surface area (Å²) >= 11 is 11.0. The Labute approximate surface area is 124 Å². The van der Waals surface area contributed by atoms with Crippen LogP contribution in [-0.4, -0.2) is 37.2 Å². The van der Waals surface area contributed by atoms with E-state index in [9.17, 15) is 17.6 Å². The molecule has 0 radical (unpaired) electrons. The lowest BCUT2D eigenvalue weighted by Crippen LogP contribution is -2.30. The summed E-state index contributed by atoms with van der Waals surface area (Å²) in [5.41, 5.74) is 0. The van der Waals surface area contributed by atoms with Crippen LogP contribution in [0.4, 0.5) is 4.39 Å². The molecule has 0 aliphatic rings. The molecule has 0 saturated heterocycles. The van der Waals surface area contributed by atoms with Crippen molar-refractivity contribution < 1.29 is 27.8 Å². The minimum absolute atomic E-state index is 0.324. The van der Waals surface area contributed by atoms with E-state index in [1.807, 2.05) is 4.72 Å². The molecule has 1 atom stereocenters. The number of hydrogen-bond donors (Lipinski definition) is 3. The highest BCUT2D eigenvalue weighted by atomic mass is 35.5. The predicted molar refractivity (Wildman–Crippen MR) is 69.9 cm³/mol. The maximum Gasteiger partial charge on any atom is 0.332 e. The molecule has 112 valence electrons. The van der Waals surface area contributed by atoms with Gasteiger partial charge >= 0.3 is 5.97 Å². The Kier molecular flexibility index (Phi) is 5.72. The molecule has 0 bridgehead atoms. The van der Waals surface area contributed by atoms with Gasteiger partial charge < -0.3 is 10.2 Å². The van der Waals surface area contributed by atoms with Crippen LogP contribution >= 0.6 is 23.2 Å². The average Bonchev–Trinajstić information content (AvgIpc) is 2.35. The quantitative estimate of drug-likeness (QED) is 0.673. The minimum Gasteiger partial charge on any atom is -0.479 e. The Hall–Kier alpha value is -0.930. The van der Waals surface area contributed by atoms with E-state index >= 15 is 0 Å². The van der Waals surface area contributed by atoms with E-state index in [0.717, 1.165) is 12.1 Å². The monoisotopic (exact) mass is 345 g/mol. The van der Waals surface area contributed by atoms with E-state index in [4.69, 9.17) is 33.4 Å². The van der Waals surface area contributed by atoms with Crippen LogP contribution in [0.1, 0.15) is 6.42 Å². The van der Waals surface area contributed by atoms with E-state index in [0.29, 0.717) is 0 Å². The van der Waals surface area contributed by atoms with Crippen LogP contribution in [0.25, 0.3) is 0 Å². The molecule has 0 aliphatic heterocycles. The second-order valence-corrected chi connectivity index (χ2v) is 6.23. The maximum atomic E-state index is 13.4. The summed E-state index contributed by atoms with van der Waals surface area (Å²) in [6.45, 7) is -0.351. The lowest BCUT2D eigenvalue weighted by atomic mass is 10.3. The van der Waals surface area contributed by atoms with Gasteiger partial charge in [-0.15, -0.1) is 0 Å². The highest BCUT2D eigenvalue weighted by Crippen LogP contribution is 2.29. The zero-order valence-corrected chi connectivity index (χ0v) is 12.1. The van der Waals surface area contributed by atoms with Crippen LogP contribution in [0.3, 0.4) is 0 Å². The molecule has 6 nitrogen and oxygen atoms in total. The van der Waals surface area contributed by atoms with Gasteiger partial charge in [0.1, 0.15) is 4.90 Å². The Morgan fingerprint density at radius 3 is 2.55 bits per heavy atom. The van der Waals surface area contributed by atoms with E-state index < -0.39 is 37.8 Å². The molecule has 1 rings (SSSR count). The van der Waals surface area contributed by atoms with E-state index in [1.54, 1.807) is 0 Å². The smallest absolute Gasteiger partial charge is 0.332 e. The molecular formula is C10H10Cl2FNO5S. The second kappa shape index (κ2) is 6.68. The summed E-state index contributed by atoms with van der Waals surface area (Å²) in [5, 5.41) is 16.4. The molecule has 1 aromatic rings. The number of sulfonamides is 1. The predicted octanol–water partition coefficient (Wildman–Crippen LogP) is 1.25. The zero-order chi connectivity index (χ0) is 15.5. The van der Waals surface area contributed by atoms with E-state index in [2.05, 4.69) is 0 Å².